The summed E-state index contributed by atoms with van der Waals surface area (Å²) in [4.78, 5) is 42.9. The highest BCUT2D eigenvalue weighted by Gasteiger charge is 2.30. The van der Waals surface area contributed by atoms with Crippen molar-refractivity contribution in [1.82, 2.24) is 10.6 Å². The summed E-state index contributed by atoms with van der Waals surface area (Å²) in [7, 11) is 0. The van der Waals surface area contributed by atoms with Crippen LogP contribution in [0.1, 0.15) is 58.3 Å². The third kappa shape index (κ3) is 22.7. The van der Waals surface area contributed by atoms with E-state index >= 15 is 0 Å². The predicted octanol–water partition coefficient (Wildman–Crippen LogP) is 3.14. The number of carbonyl (C=O) groups excluding carboxylic acids is 4. The van der Waals surface area contributed by atoms with Crippen molar-refractivity contribution in [1.29, 1.82) is 0 Å². The van der Waals surface area contributed by atoms with Crippen molar-refractivity contribution < 1.29 is 30.8 Å². The molecule has 14 heteroatoms. The Hall–Kier alpha value is 0.180. The fourth-order valence-corrected chi connectivity index (χ4v) is 7.89. The van der Waals surface area contributed by atoms with Crippen molar-refractivity contribution in [2.75, 3.05) is 55.4 Å². The van der Waals surface area contributed by atoms with Crippen LogP contribution in [0.25, 0.3) is 0 Å². The quantitative estimate of drug-likeness (QED) is 0.119. The Morgan fingerprint density at radius 1 is 0.750 bits per heavy atom. The first kappa shape index (κ1) is 40.2. The first-order chi connectivity index (χ1) is 19.1. The third-order valence-corrected chi connectivity index (χ3v) is 11.8. The Morgan fingerprint density at radius 2 is 1.23 bits per heavy atom. The third-order valence-electron chi connectivity index (χ3n) is 6.08. The summed E-state index contributed by atoms with van der Waals surface area (Å²) in [5.74, 6) is 4.89. The Balaban J connectivity index is 0.000000642. The number of nitrogens with one attached hydrogen (secondary N) is 2. The predicted molar refractivity (Wildman–Crippen MR) is 175 cm³/mol. The van der Waals surface area contributed by atoms with Crippen LogP contribution in [0, 0.1) is 17.5 Å². The van der Waals surface area contributed by atoms with Crippen LogP contribution in [0.15, 0.2) is 0 Å². The van der Waals surface area contributed by atoms with Crippen LogP contribution in [0.5, 0.6) is 0 Å². The van der Waals surface area contributed by atoms with Gasteiger partial charge in [0.15, 0.2) is 11.6 Å². The molecule has 40 heavy (non-hydrogen) atoms. The average Bonchev–Trinajstić information content (AvgIpc) is 2.90. The average molecular weight is 681 g/mol. The second-order valence-corrected chi connectivity index (χ2v) is 15.3. The second kappa shape index (κ2) is 26.8. The van der Waals surface area contributed by atoms with E-state index in [2.05, 4.69) is 29.2 Å². The number of thioether (sulfide) groups is 4. The van der Waals surface area contributed by atoms with Gasteiger partial charge >= 0.3 is 5.24 Å². The van der Waals surface area contributed by atoms with Gasteiger partial charge in [0, 0.05) is 84.2 Å². The van der Waals surface area contributed by atoms with Gasteiger partial charge in [-0.15, -0.1) is 0 Å². The van der Waals surface area contributed by atoms with E-state index in [-0.39, 0.29) is 37.5 Å². The zero-order chi connectivity index (χ0) is 30.2. The van der Waals surface area contributed by atoms with E-state index in [4.69, 9.17) is 23.1 Å². The lowest BCUT2D eigenvalue weighted by Crippen LogP contribution is -2.33. The summed E-state index contributed by atoms with van der Waals surface area (Å²) in [6.45, 7) is 5.30. The molecule has 2 aliphatic carbocycles. The van der Waals surface area contributed by atoms with Gasteiger partial charge in [-0.05, 0) is 49.5 Å². The summed E-state index contributed by atoms with van der Waals surface area (Å²) in [5, 5.41) is 7.27. The summed E-state index contributed by atoms with van der Waals surface area (Å²) in [5.41, 5.74) is 10.9. The molecule has 4 unspecified atom stereocenters. The van der Waals surface area contributed by atoms with Gasteiger partial charge in [0.2, 0.25) is 17.1 Å². The molecule has 0 aliphatic heterocycles. The van der Waals surface area contributed by atoms with Crippen LogP contribution in [-0.4, -0.2) is 93.5 Å². The molecule has 8 nitrogen and oxygen atoms in total. The molecule has 2 amide bonds. The van der Waals surface area contributed by atoms with Crippen LogP contribution < -0.4 is 22.1 Å². The van der Waals surface area contributed by atoms with Gasteiger partial charge in [0.25, 0.3) is 0 Å². The molecule has 0 bridgehead atoms. The first-order valence-corrected chi connectivity index (χ1v) is 19.1. The normalized spacial score (nSPS) is 20.9. The van der Waals surface area contributed by atoms with E-state index in [1.165, 1.54) is 25.7 Å². The molecule has 2 fully saturated rings. The van der Waals surface area contributed by atoms with E-state index in [9.17, 15) is 19.2 Å². The smallest absolute Gasteiger partial charge is 0.355 e. The van der Waals surface area contributed by atoms with Gasteiger partial charge in [0.05, 0.1) is 6.42 Å². The van der Waals surface area contributed by atoms with Gasteiger partial charge in [-0.25, -0.2) is 4.79 Å². The van der Waals surface area contributed by atoms with Crippen LogP contribution >= 0.6 is 58.6 Å². The van der Waals surface area contributed by atoms with Crippen molar-refractivity contribution in [3.8, 4) is 0 Å². The maximum Gasteiger partial charge on any atom is 0.399 e. The van der Waals surface area contributed by atoms with Crippen molar-refractivity contribution in [3.05, 3.63) is 0 Å². The Kier molecular flexibility index (Phi) is 26.9. The first-order valence-electron chi connectivity index (χ1n) is 13.8. The molecule has 234 valence electrons. The van der Waals surface area contributed by atoms with Gasteiger partial charge in [-0.2, -0.15) is 47.0 Å². The lowest BCUT2D eigenvalue weighted by Gasteiger charge is -2.35. The largest absolute Gasteiger partial charge is 0.399 e. The molecule has 2 aliphatic rings. The highest BCUT2D eigenvalue weighted by Crippen LogP contribution is 2.39. The van der Waals surface area contributed by atoms with Gasteiger partial charge in [-0.3, -0.25) is 14.4 Å². The van der Waals surface area contributed by atoms with E-state index in [1.807, 2.05) is 41.5 Å². The minimum atomic E-state index is -0.511. The Bertz CT molecular complexity index is 700. The molecule has 2 saturated carbocycles. The standard InChI is InChI=1S/C14H26N2O2S2.C8H18N2S2.C4H5Cl2O2/c1-11-3-4-12(11)20-10-8-16-14(18)6-5-13(17)15-7-9-19-2;9-3-5-11-7-1-2-8(7)12-6-4-10;5-3(7)1-2-4(6)8/h11-12H,3-10H2,1-2H3,(H,15,17)(H,16,18);7-8H,1-6,9-10H2;5H,1-2H2/q;;+1. The summed E-state index contributed by atoms with van der Waals surface area (Å²) >= 11 is 16.8. The molecule has 0 spiro atoms. The maximum atomic E-state index is 11.6. The highest BCUT2D eigenvalue weighted by molar-refractivity contribution is 8.04. The molecule has 6 N–H and O–H groups in total. The maximum absolute atomic E-state index is 11.6. The number of rotatable bonds is 19. The molecule has 0 saturated heterocycles. The minimum Gasteiger partial charge on any atom is -0.355 e. The summed E-state index contributed by atoms with van der Waals surface area (Å²) < 4.78 is 0. The molecule has 0 heterocycles. The van der Waals surface area contributed by atoms with Crippen LogP contribution in [0.4, 0.5) is 0 Å². The van der Waals surface area contributed by atoms with Crippen LogP contribution in [0.3, 0.4) is 0 Å². The lowest BCUT2D eigenvalue weighted by atomic mass is 9.87. The van der Waals surface area contributed by atoms with E-state index < -0.39 is 10.5 Å². The van der Waals surface area contributed by atoms with E-state index in [0.717, 1.165) is 57.8 Å². The minimum absolute atomic E-state index is 0.0210. The fourth-order valence-electron chi connectivity index (χ4n) is 3.44. The fraction of sp³-hybridized carbons (Fsp3) is 0.846. The number of hydrogen-bond donors (Lipinski definition) is 4. The summed E-state index contributed by atoms with van der Waals surface area (Å²) in [6, 6.07) is 0. The molecular formula is C26H49Cl2N4O4S4+. The molecule has 4 atom stereocenters. The highest BCUT2D eigenvalue weighted by atomic mass is 35.5. The second-order valence-electron chi connectivity index (χ2n) is 9.36. The number of hydrogen-bond acceptors (Lipinski definition) is 10. The number of carbonyl (C=O) groups is 4. The molecule has 0 radical (unpaired) electrons. The molecule has 0 aromatic rings. The van der Waals surface area contributed by atoms with Gasteiger partial charge in [-0.1, -0.05) is 6.92 Å². The molecule has 0 aromatic carbocycles. The van der Waals surface area contributed by atoms with E-state index in [0.29, 0.717) is 13.1 Å². The zero-order valence-corrected chi connectivity index (χ0v) is 28.7. The summed E-state index contributed by atoms with van der Waals surface area (Å²) in [6.07, 6.45) is 8.14. The monoisotopic (exact) mass is 679 g/mol. The van der Waals surface area contributed by atoms with Gasteiger partial charge < -0.3 is 22.1 Å². The number of amides is 2. The van der Waals surface area contributed by atoms with Crippen molar-refractivity contribution in [3.63, 3.8) is 0 Å². The number of nitrogens with two attached hydrogens (primary N) is 2. The van der Waals surface area contributed by atoms with Crippen molar-refractivity contribution in [2.24, 2.45) is 17.4 Å². The van der Waals surface area contributed by atoms with Gasteiger partial charge in [0.1, 0.15) is 0 Å². The number of halogens is 2. The molecule has 2 rings (SSSR count). The SMILES string of the molecule is CSCCNC(=O)CCC(=O)NCCSC1CCC1C.NCCSC1CCC1SCCN.O=C(Cl)CCC(=O)[ClH+]. The molecule has 0 aromatic heterocycles. The molecular weight excluding hydrogens is 631 g/mol. The van der Waals surface area contributed by atoms with E-state index in [1.54, 1.807) is 11.8 Å². The van der Waals surface area contributed by atoms with Crippen molar-refractivity contribution >= 4 is 80.9 Å². The van der Waals surface area contributed by atoms with Crippen molar-refractivity contribution in [2.45, 2.75) is 74.0 Å². The zero-order valence-electron chi connectivity index (χ0n) is 23.8. The van der Waals surface area contributed by atoms with Crippen LogP contribution in [-0.2, 0) is 19.2 Å². The topological polar surface area (TPSA) is 144 Å². The lowest BCUT2D eigenvalue weighted by molar-refractivity contribution is -0.305. The Labute approximate surface area is 267 Å². The van der Waals surface area contributed by atoms with Crippen LogP contribution in [0.2, 0.25) is 0 Å². The Morgan fingerprint density at radius 3 is 1.55 bits per heavy atom.